The summed E-state index contributed by atoms with van der Waals surface area (Å²) in [4.78, 5) is 42.7. The minimum absolute atomic E-state index is 0.0478. The fourth-order valence-electron chi connectivity index (χ4n) is 4.43. The number of nitrogens with zero attached hydrogens (tertiary/aromatic N) is 2. The van der Waals surface area contributed by atoms with Gasteiger partial charge in [-0.2, -0.15) is 0 Å². The van der Waals surface area contributed by atoms with Crippen molar-refractivity contribution in [2.24, 2.45) is 0 Å². The van der Waals surface area contributed by atoms with Crippen LogP contribution in [-0.2, 0) is 16.1 Å². The van der Waals surface area contributed by atoms with Gasteiger partial charge in [0.15, 0.2) is 0 Å². The second-order valence-electron chi connectivity index (χ2n) is 8.11. The van der Waals surface area contributed by atoms with E-state index in [1.807, 2.05) is 44.2 Å². The highest BCUT2D eigenvalue weighted by atomic mass is 35.5. The highest BCUT2D eigenvalue weighted by Gasteiger charge is 2.35. The molecule has 0 fully saturated rings. The first-order chi connectivity index (χ1) is 16.4. The van der Waals surface area contributed by atoms with Crippen LogP contribution < -0.4 is 10.2 Å². The zero-order valence-electron chi connectivity index (χ0n) is 19.0. The number of rotatable bonds is 8. The van der Waals surface area contributed by atoms with Gasteiger partial charge in [0, 0.05) is 39.6 Å². The minimum atomic E-state index is -0.740. The zero-order valence-corrected chi connectivity index (χ0v) is 20.5. The van der Waals surface area contributed by atoms with Crippen LogP contribution in [-0.4, -0.2) is 41.8 Å². The lowest BCUT2D eigenvalue weighted by Crippen LogP contribution is -2.52. The first-order valence-corrected chi connectivity index (χ1v) is 12.0. The molecule has 0 radical (unpaired) electrons. The lowest BCUT2D eigenvalue weighted by atomic mass is 10.1. The number of hydrogen-bond acceptors (Lipinski definition) is 3. The molecule has 3 amide bonds. The van der Waals surface area contributed by atoms with Crippen molar-refractivity contribution in [2.45, 2.75) is 32.9 Å². The number of carbonyl (C=O) groups is 3. The lowest BCUT2D eigenvalue weighted by Gasteiger charge is -2.32. The van der Waals surface area contributed by atoms with Crippen LogP contribution in [0.2, 0.25) is 10.0 Å². The Bertz CT molecular complexity index is 1250. The summed E-state index contributed by atoms with van der Waals surface area (Å²) in [7, 11) is 0. The quantitative estimate of drug-likeness (QED) is 0.473. The zero-order chi connectivity index (χ0) is 24.4. The van der Waals surface area contributed by atoms with Crippen LogP contribution in [0.25, 0.3) is 10.8 Å². The number of likely N-dealkylation sites (N-methyl/N-ethyl adjacent to an activating group) is 1. The highest BCUT2D eigenvalue weighted by Crippen LogP contribution is 2.37. The van der Waals surface area contributed by atoms with Crippen molar-refractivity contribution in [3.05, 3.63) is 75.8 Å². The molecule has 176 valence electrons. The number of carbonyl (C=O) groups excluding carboxylic acids is 3. The maximum absolute atomic E-state index is 13.7. The molecule has 1 N–H and O–H groups in total. The van der Waals surface area contributed by atoms with Crippen LogP contribution >= 0.6 is 23.2 Å². The molecule has 1 aliphatic heterocycles. The Labute approximate surface area is 208 Å². The Morgan fingerprint density at radius 1 is 1.00 bits per heavy atom. The van der Waals surface area contributed by atoms with Gasteiger partial charge in [0.25, 0.3) is 5.91 Å². The molecule has 3 aromatic carbocycles. The molecule has 34 heavy (non-hydrogen) atoms. The van der Waals surface area contributed by atoms with Crippen molar-refractivity contribution in [2.75, 3.05) is 18.0 Å². The summed E-state index contributed by atoms with van der Waals surface area (Å²) in [6, 6.07) is 15.5. The van der Waals surface area contributed by atoms with Crippen LogP contribution in [0.1, 0.15) is 36.2 Å². The number of hydrogen-bond donors (Lipinski definition) is 1. The molecule has 6 nitrogen and oxygen atoms in total. The molecule has 0 aromatic heterocycles. The van der Waals surface area contributed by atoms with Gasteiger partial charge in [0.1, 0.15) is 12.6 Å². The van der Waals surface area contributed by atoms with Gasteiger partial charge in [-0.05, 0) is 43.0 Å². The molecule has 0 saturated heterocycles. The fraction of sp³-hybridized carbons (Fsp3) is 0.269. The van der Waals surface area contributed by atoms with E-state index in [0.29, 0.717) is 39.8 Å². The molecule has 8 heteroatoms. The molecule has 0 saturated carbocycles. The number of benzene rings is 3. The van der Waals surface area contributed by atoms with E-state index in [-0.39, 0.29) is 30.8 Å². The molecule has 0 aliphatic carbocycles. The summed E-state index contributed by atoms with van der Waals surface area (Å²) in [6.45, 7) is 3.94. The third kappa shape index (κ3) is 4.36. The van der Waals surface area contributed by atoms with Gasteiger partial charge in [-0.15, -0.1) is 0 Å². The maximum atomic E-state index is 13.7. The van der Waals surface area contributed by atoms with E-state index in [2.05, 4.69) is 5.32 Å². The Morgan fingerprint density at radius 2 is 1.65 bits per heavy atom. The lowest BCUT2D eigenvalue weighted by molar-refractivity contribution is -0.140. The summed E-state index contributed by atoms with van der Waals surface area (Å²) in [5.41, 5.74) is 1.81. The second-order valence-corrected chi connectivity index (χ2v) is 8.93. The van der Waals surface area contributed by atoms with Crippen molar-refractivity contribution in [3.63, 3.8) is 0 Å². The van der Waals surface area contributed by atoms with Crippen molar-refractivity contribution < 1.29 is 14.4 Å². The first-order valence-electron chi connectivity index (χ1n) is 11.2. The number of nitrogens with one attached hydrogen (secondary N) is 1. The summed E-state index contributed by atoms with van der Waals surface area (Å²) >= 11 is 12.8. The smallest absolute Gasteiger partial charge is 0.259 e. The monoisotopic (exact) mass is 497 g/mol. The standard InChI is InChI=1S/C26H25Cl2N3O3/c1-3-21(25(33)29-4-2)30(14-18-19(27)11-7-12-20(18)28)23(32)15-31-22-13-6-9-16-8-5-10-17(24(16)22)26(31)34/h5-13,21H,3-4,14-15H2,1-2H3,(H,29,33)/t21-/m1/s1. The van der Waals surface area contributed by atoms with Gasteiger partial charge in [0.05, 0.1) is 5.69 Å². The van der Waals surface area contributed by atoms with E-state index in [9.17, 15) is 14.4 Å². The molecular weight excluding hydrogens is 473 g/mol. The number of amides is 3. The molecule has 1 aliphatic rings. The summed E-state index contributed by atoms with van der Waals surface area (Å²) in [6.07, 6.45) is 0.392. The van der Waals surface area contributed by atoms with Gasteiger partial charge >= 0.3 is 0 Å². The topological polar surface area (TPSA) is 69.7 Å². The van der Waals surface area contributed by atoms with Crippen LogP contribution in [0.4, 0.5) is 5.69 Å². The van der Waals surface area contributed by atoms with Crippen molar-refractivity contribution >= 4 is 57.4 Å². The van der Waals surface area contributed by atoms with E-state index in [4.69, 9.17) is 23.2 Å². The average molecular weight is 498 g/mol. The normalized spacial score (nSPS) is 13.3. The van der Waals surface area contributed by atoms with Gasteiger partial charge in [-0.25, -0.2) is 0 Å². The predicted octanol–water partition coefficient (Wildman–Crippen LogP) is 5.05. The van der Waals surface area contributed by atoms with Crippen LogP contribution in [0.15, 0.2) is 54.6 Å². The molecule has 1 heterocycles. The average Bonchev–Trinajstić information content (AvgIpc) is 3.09. The van der Waals surface area contributed by atoms with Crippen LogP contribution in [0.5, 0.6) is 0 Å². The number of anilines is 1. The van der Waals surface area contributed by atoms with Gasteiger partial charge < -0.3 is 10.2 Å². The highest BCUT2D eigenvalue weighted by molar-refractivity contribution is 6.36. The molecule has 0 spiro atoms. The molecule has 4 rings (SSSR count). The Hall–Kier alpha value is -3.09. The number of halogens is 2. The van der Waals surface area contributed by atoms with Crippen LogP contribution in [0, 0.1) is 0 Å². The third-order valence-corrected chi connectivity index (χ3v) is 6.78. The van der Waals surface area contributed by atoms with Gasteiger partial charge in [-0.1, -0.05) is 60.5 Å². The minimum Gasteiger partial charge on any atom is -0.355 e. The maximum Gasteiger partial charge on any atom is 0.259 e. The molecule has 0 unspecified atom stereocenters. The van der Waals surface area contributed by atoms with E-state index < -0.39 is 6.04 Å². The SMILES string of the molecule is CCNC(=O)[C@@H](CC)N(Cc1c(Cl)cccc1Cl)C(=O)CN1C(=O)c2cccc3cccc1c23. The second kappa shape index (κ2) is 10.0. The van der Waals surface area contributed by atoms with Crippen molar-refractivity contribution in [1.82, 2.24) is 10.2 Å². The molecule has 0 bridgehead atoms. The Kier molecular flexibility index (Phi) is 7.10. The largest absolute Gasteiger partial charge is 0.355 e. The van der Waals surface area contributed by atoms with Gasteiger partial charge in [0.2, 0.25) is 11.8 Å². The van der Waals surface area contributed by atoms with Crippen molar-refractivity contribution in [1.29, 1.82) is 0 Å². The Balaban J connectivity index is 1.69. The van der Waals surface area contributed by atoms with E-state index >= 15 is 0 Å². The summed E-state index contributed by atoms with van der Waals surface area (Å²) in [5.74, 6) is -0.867. The molecular formula is C26H25Cl2N3O3. The Morgan fingerprint density at radius 3 is 2.29 bits per heavy atom. The van der Waals surface area contributed by atoms with Gasteiger partial charge in [-0.3, -0.25) is 19.3 Å². The molecule has 1 atom stereocenters. The van der Waals surface area contributed by atoms with E-state index in [0.717, 1.165) is 10.8 Å². The van der Waals surface area contributed by atoms with Crippen LogP contribution in [0.3, 0.4) is 0 Å². The molecule has 3 aromatic rings. The van der Waals surface area contributed by atoms with Crippen molar-refractivity contribution in [3.8, 4) is 0 Å². The third-order valence-electron chi connectivity index (χ3n) is 6.07. The summed E-state index contributed by atoms with van der Waals surface area (Å²) < 4.78 is 0. The fourth-order valence-corrected chi connectivity index (χ4v) is 4.94. The van der Waals surface area contributed by atoms with E-state index in [1.165, 1.54) is 9.80 Å². The predicted molar refractivity (Wildman–Crippen MR) is 135 cm³/mol. The first kappa shape index (κ1) is 24.0. The summed E-state index contributed by atoms with van der Waals surface area (Å²) in [5, 5.41) is 5.39. The van der Waals surface area contributed by atoms with E-state index in [1.54, 1.807) is 24.3 Å².